The fourth-order valence-electron chi connectivity index (χ4n) is 2.85. The van der Waals surface area contributed by atoms with Crippen LogP contribution in [-0.4, -0.2) is 49.1 Å². The third-order valence-corrected chi connectivity index (χ3v) is 4.53. The van der Waals surface area contributed by atoms with Gasteiger partial charge < -0.3 is 9.30 Å². The third kappa shape index (κ3) is 2.88. The Labute approximate surface area is 134 Å². The third-order valence-electron chi connectivity index (χ3n) is 4.05. The van der Waals surface area contributed by atoms with Gasteiger partial charge in [-0.3, -0.25) is 9.58 Å². The van der Waals surface area contributed by atoms with E-state index in [1.807, 2.05) is 18.7 Å². The molecule has 0 spiro atoms. The summed E-state index contributed by atoms with van der Waals surface area (Å²) in [6.45, 7) is 5.22. The van der Waals surface area contributed by atoms with Gasteiger partial charge in [0, 0.05) is 39.3 Å². The molecule has 120 valence electrons. The monoisotopic (exact) mass is 324 g/mol. The molecule has 8 heteroatoms. The first-order chi connectivity index (χ1) is 10.6. The molecule has 1 atom stereocenters. The van der Waals surface area contributed by atoms with Gasteiger partial charge in [0.25, 0.3) is 0 Å². The van der Waals surface area contributed by atoms with E-state index >= 15 is 0 Å². The molecular formula is C14H21ClN6O. The van der Waals surface area contributed by atoms with Crippen LogP contribution in [-0.2, 0) is 31.8 Å². The van der Waals surface area contributed by atoms with E-state index in [0.717, 1.165) is 48.3 Å². The molecule has 22 heavy (non-hydrogen) atoms. The van der Waals surface area contributed by atoms with Crippen molar-refractivity contribution in [1.82, 2.24) is 29.4 Å². The summed E-state index contributed by atoms with van der Waals surface area (Å²) in [5.74, 6) is 0.859. The summed E-state index contributed by atoms with van der Waals surface area (Å²) < 4.78 is 9.50. The second kappa shape index (κ2) is 6.36. The highest BCUT2D eigenvalue weighted by molar-refractivity contribution is 6.30. The Morgan fingerprint density at radius 2 is 2.23 bits per heavy atom. The molecule has 1 saturated heterocycles. The first-order valence-electron chi connectivity index (χ1n) is 7.48. The number of rotatable bonds is 4. The Morgan fingerprint density at radius 1 is 1.41 bits per heavy atom. The molecule has 0 aromatic carbocycles. The lowest BCUT2D eigenvalue weighted by Crippen LogP contribution is -2.38. The number of hydrogen-bond donors (Lipinski definition) is 0. The molecule has 1 unspecified atom stereocenters. The molecule has 0 N–H and O–H groups in total. The fraction of sp³-hybridized carbons (Fsp3) is 0.643. The van der Waals surface area contributed by atoms with Gasteiger partial charge in [0.05, 0.1) is 12.3 Å². The molecule has 0 radical (unpaired) electrons. The summed E-state index contributed by atoms with van der Waals surface area (Å²) in [5, 5.41) is 13.3. The average Bonchev–Trinajstić information content (AvgIpc) is 3.06. The van der Waals surface area contributed by atoms with Gasteiger partial charge in [0.1, 0.15) is 17.6 Å². The van der Waals surface area contributed by atoms with Gasteiger partial charge in [-0.2, -0.15) is 5.10 Å². The number of halogens is 1. The molecule has 2 aromatic heterocycles. The minimum atomic E-state index is -0.0539. The largest absolute Gasteiger partial charge is 0.368 e. The normalized spacial score (nSPS) is 19.7. The average molecular weight is 325 g/mol. The molecule has 3 heterocycles. The van der Waals surface area contributed by atoms with E-state index < -0.39 is 0 Å². The second-order valence-electron chi connectivity index (χ2n) is 5.59. The standard InChI is InChI=1S/C14H21ClN6O/c1-4-11-10(13(15)20(3)18-11)7-21-5-6-22-12(8-21)14-17-16-9-19(14)2/h9,12H,4-8H2,1-3H3. The van der Waals surface area contributed by atoms with Crippen LogP contribution >= 0.6 is 11.6 Å². The summed E-state index contributed by atoms with van der Waals surface area (Å²) >= 11 is 6.39. The Hall–Kier alpha value is -1.44. The van der Waals surface area contributed by atoms with Gasteiger partial charge in [-0.05, 0) is 6.42 Å². The second-order valence-corrected chi connectivity index (χ2v) is 5.95. The van der Waals surface area contributed by atoms with Crippen LogP contribution in [0.1, 0.15) is 30.1 Å². The molecule has 0 bridgehead atoms. The van der Waals surface area contributed by atoms with Gasteiger partial charge in [-0.25, -0.2) is 0 Å². The maximum absolute atomic E-state index is 6.39. The van der Waals surface area contributed by atoms with Crippen LogP contribution in [0.2, 0.25) is 5.15 Å². The first kappa shape index (κ1) is 15.5. The molecule has 2 aromatic rings. The van der Waals surface area contributed by atoms with Crippen LogP contribution in [0.3, 0.4) is 0 Å². The first-order valence-corrected chi connectivity index (χ1v) is 7.86. The lowest BCUT2D eigenvalue weighted by molar-refractivity contribution is -0.0386. The quantitative estimate of drug-likeness (QED) is 0.849. The van der Waals surface area contributed by atoms with Gasteiger partial charge in [0.15, 0.2) is 5.82 Å². The van der Waals surface area contributed by atoms with Crippen LogP contribution < -0.4 is 0 Å². The topological polar surface area (TPSA) is 61.0 Å². The maximum atomic E-state index is 6.39. The van der Waals surface area contributed by atoms with Gasteiger partial charge in [0.2, 0.25) is 0 Å². The van der Waals surface area contributed by atoms with E-state index in [9.17, 15) is 0 Å². The van der Waals surface area contributed by atoms with Crippen LogP contribution in [0.5, 0.6) is 0 Å². The van der Waals surface area contributed by atoms with Crippen LogP contribution in [0.25, 0.3) is 0 Å². The Kier molecular flexibility index (Phi) is 4.46. The van der Waals surface area contributed by atoms with E-state index in [2.05, 4.69) is 27.1 Å². The molecule has 1 aliphatic heterocycles. The molecule has 0 aliphatic carbocycles. The zero-order chi connectivity index (χ0) is 15.7. The summed E-state index contributed by atoms with van der Waals surface area (Å²) in [6, 6.07) is 0. The van der Waals surface area contributed by atoms with E-state index in [1.165, 1.54) is 0 Å². The van der Waals surface area contributed by atoms with Crippen molar-refractivity contribution in [2.75, 3.05) is 19.7 Å². The molecular weight excluding hydrogens is 304 g/mol. The zero-order valence-electron chi connectivity index (χ0n) is 13.2. The minimum absolute atomic E-state index is 0.0539. The van der Waals surface area contributed by atoms with Crippen LogP contribution in [0, 0.1) is 0 Å². The van der Waals surface area contributed by atoms with E-state index in [0.29, 0.717) is 6.61 Å². The number of aryl methyl sites for hydroxylation is 3. The lowest BCUT2D eigenvalue weighted by atomic mass is 10.1. The molecule has 0 saturated carbocycles. The van der Waals surface area contributed by atoms with Crippen molar-refractivity contribution in [3.63, 3.8) is 0 Å². The maximum Gasteiger partial charge on any atom is 0.163 e. The van der Waals surface area contributed by atoms with Crippen molar-refractivity contribution in [3.8, 4) is 0 Å². The number of ether oxygens (including phenoxy) is 1. The minimum Gasteiger partial charge on any atom is -0.368 e. The number of nitrogens with zero attached hydrogens (tertiary/aromatic N) is 6. The molecule has 1 aliphatic rings. The molecule has 3 rings (SSSR count). The Morgan fingerprint density at radius 3 is 2.91 bits per heavy atom. The summed E-state index contributed by atoms with van der Waals surface area (Å²) in [5.41, 5.74) is 2.18. The predicted molar refractivity (Wildman–Crippen MR) is 82.6 cm³/mol. The van der Waals surface area contributed by atoms with Gasteiger partial charge in [-0.1, -0.05) is 18.5 Å². The highest BCUT2D eigenvalue weighted by Crippen LogP contribution is 2.25. The lowest BCUT2D eigenvalue weighted by Gasteiger charge is -2.32. The van der Waals surface area contributed by atoms with E-state index in [-0.39, 0.29) is 6.10 Å². The molecule has 1 fully saturated rings. The highest BCUT2D eigenvalue weighted by atomic mass is 35.5. The fourth-order valence-corrected chi connectivity index (χ4v) is 3.06. The predicted octanol–water partition coefficient (Wildman–Crippen LogP) is 1.34. The van der Waals surface area contributed by atoms with Crippen LogP contribution in [0.15, 0.2) is 6.33 Å². The SMILES string of the molecule is CCc1nn(C)c(Cl)c1CN1CCOC(c2nncn2C)C1. The zero-order valence-corrected chi connectivity index (χ0v) is 13.9. The van der Waals surface area contributed by atoms with Gasteiger partial charge in [-0.15, -0.1) is 10.2 Å². The summed E-state index contributed by atoms with van der Waals surface area (Å²) in [4.78, 5) is 2.34. The van der Waals surface area contributed by atoms with Gasteiger partial charge >= 0.3 is 0 Å². The van der Waals surface area contributed by atoms with E-state index in [4.69, 9.17) is 16.3 Å². The molecule has 7 nitrogen and oxygen atoms in total. The van der Waals surface area contributed by atoms with Crippen molar-refractivity contribution in [1.29, 1.82) is 0 Å². The number of aromatic nitrogens is 5. The Balaban J connectivity index is 1.75. The van der Waals surface area contributed by atoms with Crippen molar-refractivity contribution < 1.29 is 4.74 Å². The van der Waals surface area contributed by atoms with Crippen molar-refractivity contribution in [2.45, 2.75) is 26.0 Å². The number of hydrogen-bond acceptors (Lipinski definition) is 5. The highest BCUT2D eigenvalue weighted by Gasteiger charge is 2.27. The summed E-state index contributed by atoms with van der Waals surface area (Å²) in [6.07, 6.45) is 2.53. The number of morpholine rings is 1. The Bertz CT molecular complexity index is 652. The van der Waals surface area contributed by atoms with Crippen molar-refractivity contribution in [3.05, 3.63) is 28.6 Å². The van der Waals surface area contributed by atoms with Crippen LogP contribution in [0.4, 0.5) is 0 Å². The van der Waals surface area contributed by atoms with E-state index in [1.54, 1.807) is 11.0 Å². The smallest absolute Gasteiger partial charge is 0.163 e. The van der Waals surface area contributed by atoms with Crippen molar-refractivity contribution >= 4 is 11.6 Å². The summed E-state index contributed by atoms with van der Waals surface area (Å²) in [7, 11) is 3.82. The molecule has 0 amide bonds. The van der Waals surface area contributed by atoms with Crippen molar-refractivity contribution in [2.24, 2.45) is 14.1 Å².